The first-order valence-corrected chi connectivity index (χ1v) is 31.5. The lowest BCUT2D eigenvalue weighted by atomic mass is 10.0. The summed E-state index contributed by atoms with van der Waals surface area (Å²) < 4.78 is 16.9. The smallest absolute Gasteiger partial charge is 0.306 e. The van der Waals surface area contributed by atoms with E-state index in [1.165, 1.54) is 231 Å². The molecule has 0 aliphatic rings. The second-order valence-electron chi connectivity index (χ2n) is 21.3. The van der Waals surface area contributed by atoms with E-state index in [0.717, 1.165) is 70.6 Å². The molecule has 0 N–H and O–H groups in total. The Morgan fingerprint density at radius 1 is 0.268 bits per heavy atom. The van der Waals surface area contributed by atoms with Crippen molar-refractivity contribution >= 4 is 17.9 Å². The SMILES string of the molecule is CCCCCCCC/C=C\CCCCCCCC(=O)OCC(COC(=O)CCCCCCCCCCCCC/C=C\CCCCCCCCCC)OC(=O)CCCCCCC/C=C\CCCCCCCC. The van der Waals surface area contributed by atoms with Crippen molar-refractivity contribution in [2.24, 2.45) is 0 Å². The maximum atomic E-state index is 12.9. The third-order valence-corrected chi connectivity index (χ3v) is 14.1. The molecule has 1 atom stereocenters. The molecule has 0 fully saturated rings. The molecule has 416 valence electrons. The Morgan fingerprint density at radius 2 is 0.465 bits per heavy atom. The largest absolute Gasteiger partial charge is 0.462 e. The maximum Gasteiger partial charge on any atom is 0.306 e. The van der Waals surface area contributed by atoms with Crippen LogP contribution in [0.2, 0.25) is 0 Å². The number of hydrogen-bond donors (Lipinski definition) is 0. The lowest BCUT2D eigenvalue weighted by Crippen LogP contribution is -2.30. The van der Waals surface area contributed by atoms with Gasteiger partial charge in [0.05, 0.1) is 0 Å². The highest BCUT2D eigenvalue weighted by Gasteiger charge is 2.19. The van der Waals surface area contributed by atoms with E-state index < -0.39 is 6.10 Å². The molecule has 0 radical (unpaired) electrons. The average Bonchev–Trinajstić information content (AvgIpc) is 3.37. The van der Waals surface area contributed by atoms with Gasteiger partial charge in [0.1, 0.15) is 13.2 Å². The Bertz CT molecular complexity index is 1190. The van der Waals surface area contributed by atoms with Crippen molar-refractivity contribution in [1.82, 2.24) is 0 Å². The summed E-state index contributed by atoms with van der Waals surface area (Å²) in [6.45, 7) is 6.66. The predicted octanol–water partition coefficient (Wildman–Crippen LogP) is 21.2. The van der Waals surface area contributed by atoms with Gasteiger partial charge < -0.3 is 14.2 Å². The van der Waals surface area contributed by atoms with Gasteiger partial charge in [0.15, 0.2) is 6.10 Å². The molecular formula is C65H120O6. The topological polar surface area (TPSA) is 78.9 Å². The van der Waals surface area contributed by atoms with Crippen molar-refractivity contribution < 1.29 is 28.6 Å². The molecule has 0 amide bonds. The number of carbonyl (C=O) groups is 3. The fourth-order valence-corrected chi connectivity index (χ4v) is 9.31. The van der Waals surface area contributed by atoms with Gasteiger partial charge in [0.25, 0.3) is 0 Å². The third kappa shape index (κ3) is 58.4. The molecule has 0 rings (SSSR count). The first-order valence-electron chi connectivity index (χ1n) is 31.5. The van der Waals surface area contributed by atoms with Crippen LogP contribution in [0.3, 0.4) is 0 Å². The minimum Gasteiger partial charge on any atom is -0.462 e. The van der Waals surface area contributed by atoms with E-state index in [0.29, 0.717) is 19.3 Å². The van der Waals surface area contributed by atoms with E-state index in [4.69, 9.17) is 14.2 Å². The highest BCUT2D eigenvalue weighted by atomic mass is 16.6. The standard InChI is InChI=1S/C65H120O6/c1-4-7-10-13-16-19-22-25-28-29-30-31-32-33-34-35-38-40-43-46-49-52-55-58-64(67)70-61-62(71-65(68)59-56-53-50-47-44-41-37-27-24-21-18-15-12-9-6-3)60-69-63(66)57-54-51-48-45-42-39-36-26-23-20-17-14-11-8-5-2/h26-27,29-30,36-37,62H,4-25,28,31-35,38-61H2,1-3H3/b30-29-,36-26-,37-27-. The van der Waals surface area contributed by atoms with Gasteiger partial charge in [-0.25, -0.2) is 0 Å². The number of hydrogen-bond acceptors (Lipinski definition) is 6. The van der Waals surface area contributed by atoms with Crippen molar-refractivity contribution in [3.8, 4) is 0 Å². The van der Waals surface area contributed by atoms with Gasteiger partial charge in [-0.1, -0.05) is 263 Å². The van der Waals surface area contributed by atoms with Crippen molar-refractivity contribution in [1.29, 1.82) is 0 Å². The molecule has 6 heteroatoms. The van der Waals surface area contributed by atoms with Crippen LogP contribution in [0.5, 0.6) is 0 Å². The van der Waals surface area contributed by atoms with E-state index in [9.17, 15) is 14.4 Å². The van der Waals surface area contributed by atoms with Crippen LogP contribution in [0.1, 0.15) is 342 Å². The Labute approximate surface area is 442 Å². The summed E-state index contributed by atoms with van der Waals surface area (Å²) in [6, 6.07) is 0. The zero-order chi connectivity index (χ0) is 51.4. The number of esters is 3. The quantitative estimate of drug-likeness (QED) is 0.0261. The van der Waals surface area contributed by atoms with Gasteiger partial charge in [-0.3, -0.25) is 14.4 Å². The molecule has 0 aromatic carbocycles. The molecule has 0 bridgehead atoms. The highest BCUT2D eigenvalue weighted by molar-refractivity contribution is 5.71. The highest BCUT2D eigenvalue weighted by Crippen LogP contribution is 2.16. The fraction of sp³-hybridized carbons (Fsp3) is 0.862. The van der Waals surface area contributed by atoms with E-state index in [-0.39, 0.29) is 31.1 Å². The minimum absolute atomic E-state index is 0.0757. The molecule has 0 aromatic rings. The molecule has 0 aliphatic carbocycles. The Kier molecular flexibility index (Phi) is 58.2. The lowest BCUT2D eigenvalue weighted by molar-refractivity contribution is -0.167. The fourth-order valence-electron chi connectivity index (χ4n) is 9.31. The van der Waals surface area contributed by atoms with Gasteiger partial charge in [-0.05, 0) is 96.3 Å². The summed E-state index contributed by atoms with van der Waals surface area (Å²) >= 11 is 0. The van der Waals surface area contributed by atoms with E-state index in [2.05, 4.69) is 57.2 Å². The number of carbonyl (C=O) groups excluding carboxylic acids is 3. The van der Waals surface area contributed by atoms with Crippen molar-refractivity contribution in [3.63, 3.8) is 0 Å². The molecule has 6 nitrogen and oxygen atoms in total. The van der Waals surface area contributed by atoms with Crippen molar-refractivity contribution in [2.75, 3.05) is 13.2 Å². The molecule has 0 spiro atoms. The molecule has 71 heavy (non-hydrogen) atoms. The summed E-state index contributed by atoms with van der Waals surface area (Å²) in [5.41, 5.74) is 0. The molecule has 1 unspecified atom stereocenters. The van der Waals surface area contributed by atoms with Gasteiger partial charge >= 0.3 is 17.9 Å². The maximum absolute atomic E-state index is 12.9. The first-order chi connectivity index (χ1) is 35.0. The van der Waals surface area contributed by atoms with Gasteiger partial charge in [0.2, 0.25) is 0 Å². The second kappa shape index (κ2) is 60.2. The Hall–Kier alpha value is -2.37. The van der Waals surface area contributed by atoms with Gasteiger partial charge in [-0.2, -0.15) is 0 Å². The van der Waals surface area contributed by atoms with Gasteiger partial charge in [0, 0.05) is 19.3 Å². The first kappa shape index (κ1) is 68.6. The summed E-state index contributed by atoms with van der Waals surface area (Å²) in [5, 5.41) is 0. The summed E-state index contributed by atoms with van der Waals surface area (Å²) in [7, 11) is 0. The molecule has 0 saturated heterocycles. The molecule has 0 aliphatic heterocycles. The van der Waals surface area contributed by atoms with Crippen LogP contribution in [0, 0.1) is 0 Å². The number of ether oxygens (including phenoxy) is 3. The number of rotatable bonds is 58. The average molecular weight is 998 g/mol. The predicted molar refractivity (Wildman–Crippen MR) is 307 cm³/mol. The van der Waals surface area contributed by atoms with Crippen LogP contribution < -0.4 is 0 Å². The lowest BCUT2D eigenvalue weighted by Gasteiger charge is -2.18. The molecule has 0 heterocycles. The summed E-state index contributed by atoms with van der Waals surface area (Å²) in [4.78, 5) is 38.2. The normalized spacial score (nSPS) is 12.2. The Morgan fingerprint density at radius 3 is 0.704 bits per heavy atom. The van der Waals surface area contributed by atoms with Crippen LogP contribution in [0.4, 0.5) is 0 Å². The van der Waals surface area contributed by atoms with Crippen LogP contribution >= 0.6 is 0 Å². The summed E-state index contributed by atoms with van der Waals surface area (Å²) in [6.07, 6.45) is 72.9. The zero-order valence-corrected chi connectivity index (χ0v) is 47.8. The number of unbranched alkanes of at least 4 members (excludes halogenated alkanes) is 41. The van der Waals surface area contributed by atoms with Crippen LogP contribution in [0.15, 0.2) is 36.5 Å². The van der Waals surface area contributed by atoms with Crippen LogP contribution in [-0.2, 0) is 28.6 Å². The molecule has 0 saturated carbocycles. The summed E-state index contributed by atoms with van der Waals surface area (Å²) in [5.74, 6) is -0.874. The van der Waals surface area contributed by atoms with E-state index in [1.807, 2.05) is 0 Å². The molecular weight excluding hydrogens is 877 g/mol. The monoisotopic (exact) mass is 997 g/mol. The van der Waals surface area contributed by atoms with E-state index in [1.54, 1.807) is 0 Å². The van der Waals surface area contributed by atoms with Gasteiger partial charge in [-0.15, -0.1) is 0 Å². The minimum atomic E-state index is -0.779. The second-order valence-corrected chi connectivity index (χ2v) is 21.3. The van der Waals surface area contributed by atoms with Crippen LogP contribution in [-0.4, -0.2) is 37.2 Å². The third-order valence-electron chi connectivity index (χ3n) is 14.1. The van der Waals surface area contributed by atoms with Crippen molar-refractivity contribution in [2.45, 2.75) is 348 Å². The molecule has 0 aromatic heterocycles. The number of allylic oxidation sites excluding steroid dienone is 6. The van der Waals surface area contributed by atoms with Crippen molar-refractivity contribution in [3.05, 3.63) is 36.5 Å². The Balaban J connectivity index is 4.30. The van der Waals surface area contributed by atoms with E-state index >= 15 is 0 Å². The zero-order valence-electron chi connectivity index (χ0n) is 47.8. The van der Waals surface area contributed by atoms with Crippen LogP contribution in [0.25, 0.3) is 0 Å².